The molecule has 106 valence electrons. The Balaban J connectivity index is 1.89. The van der Waals surface area contributed by atoms with Crippen LogP contribution < -0.4 is 10.1 Å². The van der Waals surface area contributed by atoms with Crippen molar-refractivity contribution in [3.8, 4) is 5.75 Å². The summed E-state index contributed by atoms with van der Waals surface area (Å²) in [4.78, 5) is 4.36. The molecule has 3 rings (SSSR count). The number of benzene rings is 2. The van der Waals surface area contributed by atoms with Crippen molar-refractivity contribution >= 4 is 28.2 Å². The summed E-state index contributed by atoms with van der Waals surface area (Å²) in [5.74, 6) is 0.824. The molecule has 0 aliphatic rings. The molecule has 0 aliphatic carbocycles. The first-order valence-corrected chi connectivity index (χ1v) is 7.06. The highest BCUT2D eigenvalue weighted by Crippen LogP contribution is 2.26. The standard InChI is InChI=1S/C17H15ClN2O/c1-21-17-8-7-13(18)10-12(17)11-20-16-6-2-5-15-14(16)4-3-9-19-15/h2-10,20H,11H2,1H3. The van der Waals surface area contributed by atoms with Crippen molar-refractivity contribution in [2.24, 2.45) is 0 Å². The highest BCUT2D eigenvalue weighted by atomic mass is 35.5. The summed E-state index contributed by atoms with van der Waals surface area (Å²) in [6.07, 6.45) is 1.80. The fourth-order valence-electron chi connectivity index (χ4n) is 2.33. The number of anilines is 1. The molecule has 0 spiro atoms. The van der Waals surface area contributed by atoms with Gasteiger partial charge in [0.1, 0.15) is 5.75 Å². The number of nitrogens with one attached hydrogen (secondary N) is 1. The second-order valence-corrected chi connectivity index (χ2v) is 5.12. The van der Waals surface area contributed by atoms with E-state index in [1.54, 1.807) is 13.3 Å². The van der Waals surface area contributed by atoms with E-state index in [1.165, 1.54) is 0 Å². The Morgan fingerprint density at radius 3 is 2.90 bits per heavy atom. The molecule has 4 heteroatoms. The van der Waals surface area contributed by atoms with Crippen molar-refractivity contribution in [3.63, 3.8) is 0 Å². The van der Waals surface area contributed by atoms with Crippen LogP contribution in [-0.2, 0) is 6.54 Å². The number of fused-ring (bicyclic) bond motifs is 1. The molecule has 0 radical (unpaired) electrons. The lowest BCUT2D eigenvalue weighted by Crippen LogP contribution is -2.02. The molecule has 1 aromatic heterocycles. The van der Waals surface area contributed by atoms with E-state index < -0.39 is 0 Å². The minimum absolute atomic E-state index is 0.637. The van der Waals surface area contributed by atoms with Crippen LogP contribution in [0.25, 0.3) is 10.9 Å². The zero-order valence-corrected chi connectivity index (χ0v) is 12.4. The van der Waals surface area contributed by atoms with Gasteiger partial charge in [0.25, 0.3) is 0 Å². The molecular formula is C17H15ClN2O. The summed E-state index contributed by atoms with van der Waals surface area (Å²) in [6, 6.07) is 15.6. The first-order valence-electron chi connectivity index (χ1n) is 6.68. The topological polar surface area (TPSA) is 34.1 Å². The van der Waals surface area contributed by atoms with E-state index in [-0.39, 0.29) is 0 Å². The smallest absolute Gasteiger partial charge is 0.123 e. The molecule has 3 aromatic rings. The lowest BCUT2D eigenvalue weighted by molar-refractivity contribution is 0.410. The zero-order valence-electron chi connectivity index (χ0n) is 11.6. The number of hydrogen-bond acceptors (Lipinski definition) is 3. The minimum Gasteiger partial charge on any atom is -0.496 e. The molecule has 1 N–H and O–H groups in total. The van der Waals surface area contributed by atoms with Gasteiger partial charge in [-0.3, -0.25) is 4.98 Å². The number of pyridine rings is 1. The monoisotopic (exact) mass is 298 g/mol. The van der Waals surface area contributed by atoms with E-state index in [9.17, 15) is 0 Å². The average Bonchev–Trinajstić information content (AvgIpc) is 2.53. The predicted molar refractivity (Wildman–Crippen MR) is 87.1 cm³/mol. The van der Waals surface area contributed by atoms with Gasteiger partial charge in [0.15, 0.2) is 0 Å². The van der Waals surface area contributed by atoms with Crippen LogP contribution in [-0.4, -0.2) is 12.1 Å². The van der Waals surface area contributed by atoms with Gasteiger partial charge in [0, 0.05) is 34.4 Å². The second-order valence-electron chi connectivity index (χ2n) is 4.69. The molecule has 0 aliphatic heterocycles. The predicted octanol–water partition coefficient (Wildman–Crippen LogP) is 4.51. The van der Waals surface area contributed by atoms with E-state index in [4.69, 9.17) is 16.3 Å². The lowest BCUT2D eigenvalue weighted by Gasteiger charge is -2.12. The van der Waals surface area contributed by atoms with Crippen LogP contribution in [0.4, 0.5) is 5.69 Å². The van der Waals surface area contributed by atoms with Crippen molar-refractivity contribution < 1.29 is 4.74 Å². The molecule has 21 heavy (non-hydrogen) atoms. The summed E-state index contributed by atoms with van der Waals surface area (Å²) in [7, 11) is 1.66. The Hall–Kier alpha value is -2.26. The largest absolute Gasteiger partial charge is 0.496 e. The zero-order chi connectivity index (χ0) is 14.7. The molecule has 2 aromatic carbocycles. The van der Waals surface area contributed by atoms with Crippen LogP contribution in [0.15, 0.2) is 54.7 Å². The molecular weight excluding hydrogens is 284 g/mol. The quantitative estimate of drug-likeness (QED) is 0.769. The number of halogens is 1. The van der Waals surface area contributed by atoms with E-state index >= 15 is 0 Å². The Morgan fingerprint density at radius 1 is 1.14 bits per heavy atom. The minimum atomic E-state index is 0.637. The van der Waals surface area contributed by atoms with Crippen LogP contribution in [0.5, 0.6) is 5.75 Å². The van der Waals surface area contributed by atoms with Crippen molar-refractivity contribution in [1.29, 1.82) is 0 Å². The van der Waals surface area contributed by atoms with Crippen molar-refractivity contribution in [2.75, 3.05) is 12.4 Å². The van der Waals surface area contributed by atoms with Crippen LogP contribution in [0, 0.1) is 0 Å². The highest BCUT2D eigenvalue weighted by Gasteiger charge is 2.05. The third kappa shape index (κ3) is 2.93. The molecule has 0 amide bonds. The SMILES string of the molecule is COc1ccc(Cl)cc1CNc1cccc2ncccc12. The summed E-state index contributed by atoms with van der Waals surface area (Å²) in [5.41, 5.74) is 3.04. The van der Waals surface area contributed by atoms with Gasteiger partial charge in [0.05, 0.1) is 12.6 Å². The van der Waals surface area contributed by atoms with Crippen LogP contribution in [0.3, 0.4) is 0 Å². The first kappa shape index (κ1) is 13.7. The molecule has 3 nitrogen and oxygen atoms in total. The molecule has 0 saturated carbocycles. The summed E-state index contributed by atoms with van der Waals surface area (Å²) in [5, 5.41) is 5.23. The second kappa shape index (κ2) is 6.02. The first-order chi connectivity index (χ1) is 10.3. The Kier molecular flexibility index (Phi) is 3.93. The van der Waals surface area contributed by atoms with Gasteiger partial charge in [-0.2, -0.15) is 0 Å². The van der Waals surface area contributed by atoms with Crippen molar-refractivity contribution in [1.82, 2.24) is 4.98 Å². The maximum Gasteiger partial charge on any atom is 0.123 e. The molecule has 0 unspecified atom stereocenters. The summed E-state index contributed by atoms with van der Waals surface area (Å²) < 4.78 is 5.37. The van der Waals surface area contributed by atoms with E-state index in [0.717, 1.165) is 27.9 Å². The van der Waals surface area contributed by atoms with Gasteiger partial charge in [-0.25, -0.2) is 0 Å². The van der Waals surface area contributed by atoms with Crippen LogP contribution in [0.1, 0.15) is 5.56 Å². The summed E-state index contributed by atoms with van der Waals surface area (Å²) >= 11 is 6.06. The number of rotatable bonds is 4. The van der Waals surface area contributed by atoms with Gasteiger partial charge in [0.2, 0.25) is 0 Å². The number of aromatic nitrogens is 1. The van der Waals surface area contributed by atoms with E-state index in [2.05, 4.69) is 16.4 Å². The third-order valence-corrected chi connectivity index (χ3v) is 3.59. The number of ether oxygens (including phenoxy) is 1. The molecule has 0 fully saturated rings. The van der Waals surface area contributed by atoms with Crippen LogP contribution >= 0.6 is 11.6 Å². The van der Waals surface area contributed by atoms with Crippen LogP contribution in [0.2, 0.25) is 5.02 Å². The molecule has 1 heterocycles. The van der Waals surface area contributed by atoms with Crippen molar-refractivity contribution in [2.45, 2.75) is 6.54 Å². The number of nitrogens with zero attached hydrogens (tertiary/aromatic N) is 1. The van der Waals surface area contributed by atoms with Gasteiger partial charge in [-0.15, -0.1) is 0 Å². The highest BCUT2D eigenvalue weighted by molar-refractivity contribution is 6.30. The Morgan fingerprint density at radius 2 is 2.05 bits per heavy atom. The lowest BCUT2D eigenvalue weighted by atomic mass is 10.1. The van der Waals surface area contributed by atoms with Gasteiger partial charge in [-0.05, 0) is 42.5 Å². The number of methoxy groups -OCH3 is 1. The molecule has 0 bridgehead atoms. The fourth-order valence-corrected chi connectivity index (χ4v) is 2.53. The Bertz CT molecular complexity index is 768. The van der Waals surface area contributed by atoms with Gasteiger partial charge >= 0.3 is 0 Å². The number of hydrogen-bond donors (Lipinski definition) is 1. The van der Waals surface area contributed by atoms with E-state index in [1.807, 2.05) is 42.5 Å². The average molecular weight is 299 g/mol. The van der Waals surface area contributed by atoms with Crippen molar-refractivity contribution in [3.05, 3.63) is 65.3 Å². The molecule has 0 atom stereocenters. The maximum atomic E-state index is 6.06. The van der Waals surface area contributed by atoms with Gasteiger partial charge in [-0.1, -0.05) is 17.7 Å². The Labute approximate surface area is 128 Å². The third-order valence-electron chi connectivity index (χ3n) is 3.36. The van der Waals surface area contributed by atoms with E-state index in [0.29, 0.717) is 11.6 Å². The fraction of sp³-hybridized carbons (Fsp3) is 0.118. The maximum absolute atomic E-state index is 6.06. The normalized spacial score (nSPS) is 10.6. The summed E-state index contributed by atoms with van der Waals surface area (Å²) in [6.45, 7) is 0.637. The van der Waals surface area contributed by atoms with Gasteiger partial charge < -0.3 is 10.1 Å². The molecule has 0 saturated heterocycles.